The highest BCUT2D eigenvalue weighted by molar-refractivity contribution is 8.01. The van der Waals surface area contributed by atoms with Crippen molar-refractivity contribution in [3.8, 4) is 0 Å². The Hall–Kier alpha value is -2.78. The molecule has 4 aromatic rings. The fraction of sp³-hybridized carbons (Fsp3) is 0. The SMILES string of the molecule is O=S(=O)(O)c1cccc([P+](c2ccccc2)(c2ccccc2)c2ccccc2)c1. The van der Waals surface area contributed by atoms with Gasteiger partial charge in [0.15, 0.2) is 0 Å². The van der Waals surface area contributed by atoms with E-state index in [9.17, 15) is 13.0 Å². The van der Waals surface area contributed by atoms with Gasteiger partial charge >= 0.3 is 0 Å². The third kappa shape index (κ3) is 3.63. The zero-order chi connectivity index (χ0) is 20.3. The molecule has 0 amide bonds. The van der Waals surface area contributed by atoms with Gasteiger partial charge in [-0.25, -0.2) is 0 Å². The smallest absolute Gasteiger partial charge is 0.282 e. The van der Waals surface area contributed by atoms with Gasteiger partial charge < -0.3 is 0 Å². The Morgan fingerprint density at radius 2 is 0.897 bits per heavy atom. The molecule has 0 spiro atoms. The normalized spacial score (nSPS) is 11.9. The molecule has 1 N–H and O–H groups in total. The molecule has 0 fully saturated rings. The van der Waals surface area contributed by atoms with Crippen molar-refractivity contribution >= 4 is 38.6 Å². The second kappa shape index (κ2) is 7.92. The Bertz CT molecular complexity index is 1110. The van der Waals surface area contributed by atoms with Crippen LogP contribution < -0.4 is 21.2 Å². The predicted octanol–water partition coefficient (Wildman–Crippen LogP) is 3.55. The summed E-state index contributed by atoms with van der Waals surface area (Å²) >= 11 is 0. The van der Waals surface area contributed by atoms with Gasteiger partial charge in [0.1, 0.15) is 28.5 Å². The highest BCUT2D eigenvalue weighted by Gasteiger charge is 2.48. The molecule has 5 heteroatoms. The Morgan fingerprint density at radius 3 is 1.28 bits per heavy atom. The predicted molar refractivity (Wildman–Crippen MR) is 121 cm³/mol. The summed E-state index contributed by atoms with van der Waals surface area (Å²) in [5.41, 5.74) is 0. The molecule has 0 saturated heterocycles. The van der Waals surface area contributed by atoms with Crippen molar-refractivity contribution in [3.05, 3.63) is 115 Å². The summed E-state index contributed by atoms with van der Waals surface area (Å²) in [5, 5.41) is 4.22. The average molecular weight is 419 g/mol. The van der Waals surface area contributed by atoms with Gasteiger partial charge in [0.2, 0.25) is 0 Å². The molecule has 3 nitrogen and oxygen atoms in total. The summed E-state index contributed by atoms with van der Waals surface area (Å²) in [5.74, 6) is 0. The summed E-state index contributed by atoms with van der Waals surface area (Å²) in [7, 11) is -6.69. The lowest BCUT2D eigenvalue weighted by Gasteiger charge is -2.27. The molecule has 4 aromatic carbocycles. The minimum Gasteiger partial charge on any atom is -0.282 e. The van der Waals surface area contributed by atoms with Crippen molar-refractivity contribution in [2.45, 2.75) is 4.90 Å². The molecular weight excluding hydrogens is 399 g/mol. The maximum Gasteiger partial charge on any atom is 0.294 e. The Labute approximate surface area is 171 Å². The fourth-order valence-corrected chi connectivity index (χ4v) is 8.60. The standard InChI is InChI=1S/C24H19O3PS/c25-29(26,27)24-18-10-17-23(19-24)28(20-11-4-1-5-12-20,21-13-6-2-7-14-21)22-15-8-3-9-16-22/h1-19H/p+1. The van der Waals surface area contributed by atoms with E-state index < -0.39 is 17.4 Å². The van der Waals surface area contributed by atoms with Crippen molar-refractivity contribution in [2.24, 2.45) is 0 Å². The topological polar surface area (TPSA) is 54.4 Å². The molecule has 0 saturated carbocycles. The van der Waals surface area contributed by atoms with E-state index >= 15 is 0 Å². The zero-order valence-electron chi connectivity index (χ0n) is 15.6. The molecule has 0 aliphatic rings. The van der Waals surface area contributed by atoms with Gasteiger partial charge in [-0.2, -0.15) is 8.42 Å². The van der Waals surface area contributed by atoms with Crippen molar-refractivity contribution in [1.29, 1.82) is 0 Å². The van der Waals surface area contributed by atoms with Crippen LogP contribution in [-0.4, -0.2) is 13.0 Å². The summed E-state index contributed by atoms with van der Waals surface area (Å²) < 4.78 is 33.5. The monoisotopic (exact) mass is 419 g/mol. The zero-order valence-corrected chi connectivity index (χ0v) is 17.3. The van der Waals surface area contributed by atoms with Crippen molar-refractivity contribution in [3.63, 3.8) is 0 Å². The summed E-state index contributed by atoms with van der Waals surface area (Å²) in [6.45, 7) is 0. The molecule has 0 aliphatic carbocycles. The third-order valence-electron chi connectivity index (χ3n) is 4.93. The van der Waals surface area contributed by atoms with Crippen LogP contribution in [0, 0.1) is 0 Å². The Morgan fingerprint density at radius 1 is 0.517 bits per heavy atom. The number of rotatable bonds is 5. The van der Waals surface area contributed by atoms with E-state index in [4.69, 9.17) is 0 Å². The Kier molecular flexibility index (Phi) is 5.33. The largest absolute Gasteiger partial charge is 0.294 e. The molecule has 0 radical (unpaired) electrons. The third-order valence-corrected chi connectivity index (χ3v) is 10.1. The first-order valence-electron chi connectivity index (χ1n) is 9.17. The number of benzene rings is 4. The molecule has 0 aliphatic heterocycles. The first kappa shape index (κ1) is 19.5. The van der Waals surface area contributed by atoms with Gasteiger partial charge in [0.25, 0.3) is 10.1 Å². The number of hydrogen-bond donors (Lipinski definition) is 1. The van der Waals surface area contributed by atoms with Gasteiger partial charge in [-0.15, -0.1) is 0 Å². The van der Waals surface area contributed by atoms with Crippen LogP contribution in [0.2, 0.25) is 0 Å². The van der Waals surface area contributed by atoms with Crippen LogP contribution in [0.4, 0.5) is 0 Å². The Balaban J connectivity index is 2.15. The van der Waals surface area contributed by atoms with Crippen LogP contribution in [-0.2, 0) is 10.1 Å². The number of hydrogen-bond acceptors (Lipinski definition) is 2. The average Bonchev–Trinajstić information content (AvgIpc) is 2.76. The lowest BCUT2D eigenvalue weighted by molar-refractivity contribution is 0.483. The first-order chi connectivity index (χ1) is 14.0. The van der Waals surface area contributed by atoms with E-state index in [0.717, 1.165) is 21.2 Å². The maximum atomic E-state index is 11.9. The van der Waals surface area contributed by atoms with Gasteiger partial charge in [0.05, 0.1) is 4.90 Å². The first-order valence-corrected chi connectivity index (χ1v) is 12.4. The van der Waals surface area contributed by atoms with Crippen LogP contribution in [0.15, 0.2) is 120 Å². The molecule has 0 bridgehead atoms. The highest BCUT2D eigenvalue weighted by atomic mass is 32.2. The minimum atomic E-state index is -4.31. The van der Waals surface area contributed by atoms with E-state index in [-0.39, 0.29) is 4.90 Å². The van der Waals surface area contributed by atoms with Gasteiger partial charge in [-0.05, 0) is 48.5 Å². The molecule has 0 aromatic heterocycles. The lowest BCUT2D eigenvalue weighted by Crippen LogP contribution is -2.38. The van der Waals surface area contributed by atoms with E-state index in [1.165, 1.54) is 6.07 Å². The molecule has 0 heterocycles. The lowest BCUT2D eigenvalue weighted by atomic mass is 10.3. The van der Waals surface area contributed by atoms with Crippen LogP contribution in [0.3, 0.4) is 0 Å². The van der Waals surface area contributed by atoms with E-state index in [0.29, 0.717) is 0 Å². The van der Waals surface area contributed by atoms with Crippen molar-refractivity contribution in [2.75, 3.05) is 0 Å². The van der Waals surface area contributed by atoms with E-state index in [1.807, 2.05) is 60.7 Å². The summed E-state index contributed by atoms with van der Waals surface area (Å²) in [6, 6.07) is 37.2. The van der Waals surface area contributed by atoms with Crippen molar-refractivity contribution in [1.82, 2.24) is 0 Å². The maximum absolute atomic E-state index is 11.9. The van der Waals surface area contributed by atoms with Crippen LogP contribution >= 0.6 is 7.26 Å². The quantitative estimate of drug-likeness (QED) is 0.398. The second-order valence-electron chi connectivity index (χ2n) is 6.65. The molecule has 144 valence electrons. The molecule has 0 unspecified atom stereocenters. The van der Waals surface area contributed by atoms with Crippen LogP contribution in [0.25, 0.3) is 0 Å². The van der Waals surface area contributed by atoms with Crippen LogP contribution in [0.1, 0.15) is 0 Å². The molecule has 29 heavy (non-hydrogen) atoms. The highest BCUT2D eigenvalue weighted by Crippen LogP contribution is 2.54. The van der Waals surface area contributed by atoms with Gasteiger partial charge in [0, 0.05) is 6.07 Å². The van der Waals surface area contributed by atoms with Crippen molar-refractivity contribution < 1.29 is 13.0 Å². The fourth-order valence-electron chi connectivity index (χ4n) is 3.70. The van der Waals surface area contributed by atoms with Gasteiger partial charge in [-0.1, -0.05) is 60.7 Å². The van der Waals surface area contributed by atoms with E-state index in [2.05, 4.69) is 36.4 Å². The molecular formula is C24H20O3PS+. The minimum absolute atomic E-state index is 0.0952. The summed E-state index contributed by atoms with van der Waals surface area (Å²) in [6.07, 6.45) is 0. The van der Waals surface area contributed by atoms with E-state index in [1.54, 1.807) is 12.1 Å². The molecule has 4 rings (SSSR count). The second-order valence-corrected chi connectivity index (χ2v) is 11.5. The summed E-state index contributed by atoms with van der Waals surface area (Å²) in [4.78, 5) is -0.0952. The molecule has 0 atom stereocenters. The van der Waals surface area contributed by atoms with Crippen LogP contribution in [0.5, 0.6) is 0 Å². The van der Waals surface area contributed by atoms with Gasteiger partial charge in [-0.3, -0.25) is 4.55 Å².